The second kappa shape index (κ2) is 4.13. The third-order valence-electron chi connectivity index (χ3n) is 2.98. The van der Waals surface area contributed by atoms with Gasteiger partial charge in [0.15, 0.2) is 0 Å². The minimum absolute atomic E-state index is 0.562. The average Bonchev–Trinajstić information content (AvgIpc) is 2.61. The highest BCUT2D eigenvalue weighted by molar-refractivity contribution is 5.16. The highest BCUT2D eigenvalue weighted by Gasteiger charge is 2.18. The third-order valence-corrected chi connectivity index (χ3v) is 2.98. The molecule has 2 heterocycles. The van der Waals surface area contributed by atoms with Crippen LogP contribution in [0.15, 0.2) is 6.20 Å². The summed E-state index contributed by atoms with van der Waals surface area (Å²) in [6.45, 7) is 6.10. The number of hydrogen-bond donors (Lipinski definition) is 0. The molecule has 1 saturated heterocycles. The molecule has 2 rings (SSSR count). The number of nitrogens with zero attached hydrogens (tertiary/aromatic N) is 2. The van der Waals surface area contributed by atoms with Crippen molar-refractivity contribution in [1.82, 2.24) is 9.78 Å². The summed E-state index contributed by atoms with van der Waals surface area (Å²) in [6, 6.07) is 0.562. The Morgan fingerprint density at radius 3 is 2.86 bits per heavy atom. The predicted octanol–water partition coefficient (Wildman–Crippen LogP) is 2.11. The van der Waals surface area contributed by atoms with Crippen molar-refractivity contribution < 1.29 is 4.74 Å². The van der Waals surface area contributed by atoms with Crippen molar-refractivity contribution in [2.24, 2.45) is 0 Å². The lowest BCUT2D eigenvalue weighted by molar-refractivity contribution is 0.0654. The first-order valence-electron chi connectivity index (χ1n) is 5.43. The number of rotatable bonds is 2. The predicted molar refractivity (Wildman–Crippen MR) is 55.4 cm³/mol. The topological polar surface area (TPSA) is 27.1 Å². The quantitative estimate of drug-likeness (QED) is 0.721. The second-order valence-corrected chi connectivity index (χ2v) is 3.92. The average molecular weight is 194 g/mol. The maximum atomic E-state index is 5.36. The van der Waals surface area contributed by atoms with Gasteiger partial charge in [-0.05, 0) is 31.7 Å². The molecule has 1 aliphatic rings. The Kier molecular flexibility index (Phi) is 2.87. The van der Waals surface area contributed by atoms with Crippen LogP contribution in [0, 0.1) is 6.92 Å². The Labute approximate surface area is 85.1 Å². The molecule has 3 heteroatoms. The maximum absolute atomic E-state index is 5.36. The molecule has 0 aromatic carbocycles. The molecule has 3 nitrogen and oxygen atoms in total. The Balaban J connectivity index is 2.21. The lowest BCUT2D eigenvalue weighted by Crippen LogP contribution is -2.22. The van der Waals surface area contributed by atoms with E-state index in [1.165, 1.54) is 11.3 Å². The van der Waals surface area contributed by atoms with Crippen molar-refractivity contribution in [2.45, 2.75) is 39.2 Å². The standard InChI is InChI=1S/C11H18N2O/c1-3-11-9(2)8-12-13(11)10-4-6-14-7-5-10/h8,10H,3-7H2,1-2H3. The Morgan fingerprint density at radius 1 is 1.50 bits per heavy atom. The van der Waals surface area contributed by atoms with Crippen LogP contribution >= 0.6 is 0 Å². The van der Waals surface area contributed by atoms with Gasteiger partial charge in [0.25, 0.3) is 0 Å². The van der Waals surface area contributed by atoms with Gasteiger partial charge in [0.2, 0.25) is 0 Å². The van der Waals surface area contributed by atoms with E-state index < -0.39 is 0 Å². The molecular weight excluding hydrogens is 176 g/mol. The molecule has 0 radical (unpaired) electrons. The maximum Gasteiger partial charge on any atom is 0.0566 e. The number of ether oxygens (including phenoxy) is 1. The van der Waals surface area contributed by atoms with Gasteiger partial charge >= 0.3 is 0 Å². The van der Waals surface area contributed by atoms with Gasteiger partial charge in [-0.15, -0.1) is 0 Å². The monoisotopic (exact) mass is 194 g/mol. The molecule has 0 saturated carbocycles. The largest absolute Gasteiger partial charge is 0.381 e. The molecule has 0 spiro atoms. The van der Waals surface area contributed by atoms with Crippen LogP contribution in [0.5, 0.6) is 0 Å². The molecule has 0 amide bonds. The summed E-state index contributed by atoms with van der Waals surface area (Å²) >= 11 is 0. The fourth-order valence-electron chi connectivity index (χ4n) is 2.16. The minimum atomic E-state index is 0.562. The molecule has 0 bridgehead atoms. The van der Waals surface area contributed by atoms with Crippen molar-refractivity contribution in [3.8, 4) is 0 Å². The van der Waals surface area contributed by atoms with E-state index in [1.807, 2.05) is 6.20 Å². The highest BCUT2D eigenvalue weighted by Crippen LogP contribution is 2.23. The zero-order valence-corrected chi connectivity index (χ0v) is 8.99. The summed E-state index contributed by atoms with van der Waals surface area (Å²) in [5.41, 5.74) is 2.70. The Morgan fingerprint density at radius 2 is 2.21 bits per heavy atom. The van der Waals surface area contributed by atoms with Gasteiger partial charge in [-0.25, -0.2) is 0 Å². The summed E-state index contributed by atoms with van der Waals surface area (Å²) < 4.78 is 7.57. The molecular formula is C11H18N2O. The van der Waals surface area contributed by atoms with Crippen molar-refractivity contribution >= 4 is 0 Å². The van der Waals surface area contributed by atoms with Crippen LogP contribution in [0.25, 0.3) is 0 Å². The minimum Gasteiger partial charge on any atom is -0.381 e. The Hall–Kier alpha value is -0.830. The summed E-state index contributed by atoms with van der Waals surface area (Å²) in [5, 5.41) is 4.47. The molecule has 0 aliphatic carbocycles. The number of aromatic nitrogens is 2. The van der Waals surface area contributed by atoms with Crippen LogP contribution < -0.4 is 0 Å². The van der Waals surface area contributed by atoms with Crippen molar-refractivity contribution in [1.29, 1.82) is 0 Å². The first-order valence-corrected chi connectivity index (χ1v) is 5.43. The molecule has 0 atom stereocenters. The third kappa shape index (κ3) is 1.69. The van der Waals surface area contributed by atoms with Crippen LogP contribution in [-0.4, -0.2) is 23.0 Å². The molecule has 78 valence electrons. The van der Waals surface area contributed by atoms with Crippen molar-refractivity contribution in [3.63, 3.8) is 0 Å². The summed E-state index contributed by atoms with van der Waals surface area (Å²) in [6.07, 6.45) is 5.26. The normalized spacial score (nSPS) is 18.7. The summed E-state index contributed by atoms with van der Waals surface area (Å²) in [5.74, 6) is 0. The molecule has 1 fully saturated rings. The van der Waals surface area contributed by atoms with Gasteiger partial charge in [0, 0.05) is 18.9 Å². The first-order chi connectivity index (χ1) is 6.83. The molecule has 0 unspecified atom stereocenters. The number of hydrogen-bond acceptors (Lipinski definition) is 2. The molecule has 1 aromatic rings. The van der Waals surface area contributed by atoms with E-state index in [0.29, 0.717) is 6.04 Å². The van der Waals surface area contributed by atoms with Gasteiger partial charge in [0.1, 0.15) is 0 Å². The van der Waals surface area contributed by atoms with Crippen molar-refractivity contribution in [3.05, 3.63) is 17.5 Å². The van der Waals surface area contributed by atoms with Crippen LogP contribution in [0.2, 0.25) is 0 Å². The van der Waals surface area contributed by atoms with E-state index in [0.717, 1.165) is 32.5 Å². The summed E-state index contributed by atoms with van der Waals surface area (Å²) in [7, 11) is 0. The van der Waals surface area contributed by atoms with Crippen LogP contribution in [0.4, 0.5) is 0 Å². The lowest BCUT2D eigenvalue weighted by Gasteiger charge is -2.24. The smallest absolute Gasteiger partial charge is 0.0566 e. The van der Waals surface area contributed by atoms with Crippen molar-refractivity contribution in [2.75, 3.05) is 13.2 Å². The fraction of sp³-hybridized carbons (Fsp3) is 0.727. The van der Waals surface area contributed by atoms with E-state index in [1.54, 1.807) is 0 Å². The van der Waals surface area contributed by atoms with E-state index in [4.69, 9.17) is 4.74 Å². The molecule has 1 aliphatic heterocycles. The Bertz CT molecular complexity index is 300. The molecule has 14 heavy (non-hydrogen) atoms. The zero-order valence-electron chi connectivity index (χ0n) is 8.99. The highest BCUT2D eigenvalue weighted by atomic mass is 16.5. The van der Waals surface area contributed by atoms with Crippen LogP contribution in [0.3, 0.4) is 0 Å². The van der Waals surface area contributed by atoms with Gasteiger partial charge in [-0.1, -0.05) is 6.92 Å². The van der Waals surface area contributed by atoms with Gasteiger partial charge < -0.3 is 4.74 Å². The van der Waals surface area contributed by atoms with E-state index in [-0.39, 0.29) is 0 Å². The van der Waals surface area contributed by atoms with E-state index in [2.05, 4.69) is 23.6 Å². The first kappa shape index (κ1) is 9.71. The van der Waals surface area contributed by atoms with Crippen LogP contribution in [0.1, 0.15) is 37.1 Å². The lowest BCUT2D eigenvalue weighted by atomic mass is 10.1. The van der Waals surface area contributed by atoms with Crippen LogP contribution in [-0.2, 0) is 11.2 Å². The second-order valence-electron chi connectivity index (χ2n) is 3.92. The zero-order chi connectivity index (χ0) is 9.97. The summed E-state index contributed by atoms with van der Waals surface area (Å²) in [4.78, 5) is 0. The van der Waals surface area contributed by atoms with E-state index >= 15 is 0 Å². The van der Waals surface area contributed by atoms with Gasteiger partial charge in [-0.3, -0.25) is 4.68 Å². The SMILES string of the molecule is CCc1c(C)cnn1C1CCOCC1. The van der Waals surface area contributed by atoms with E-state index in [9.17, 15) is 0 Å². The molecule has 0 N–H and O–H groups in total. The van der Waals surface area contributed by atoms with Gasteiger partial charge in [-0.2, -0.15) is 5.10 Å². The van der Waals surface area contributed by atoms with Gasteiger partial charge in [0.05, 0.1) is 12.2 Å². The number of aryl methyl sites for hydroxylation is 1. The fourth-order valence-corrected chi connectivity index (χ4v) is 2.16. The molecule has 1 aromatic heterocycles.